The van der Waals surface area contributed by atoms with Gasteiger partial charge in [-0.05, 0) is 12.1 Å². The summed E-state index contributed by atoms with van der Waals surface area (Å²) in [4.78, 5) is 12.7. The van der Waals surface area contributed by atoms with Crippen molar-refractivity contribution < 1.29 is 26.4 Å². The molecule has 1 aromatic carbocycles. The first-order valence-corrected chi connectivity index (χ1v) is 8.28. The van der Waals surface area contributed by atoms with Crippen LogP contribution in [0.15, 0.2) is 30.5 Å². The first kappa shape index (κ1) is 17.7. The van der Waals surface area contributed by atoms with E-state index < -0.39 is 39.9 Å². The average molecular weight is 363 g/mol. The highest BCUT2D eigenvalue weighted by Crippen LogP contribution is 2.34. The number of nitrogens with one attached hydrogen (secondary N) is 2. The van der Waals surface area contributed by atoms with E-state index in [0.717, 1.165) is 29.4 Å². The van der Waals surface area contributed by atoms with Gasteiger partial charge < -0.3 is 5.32 Å². The van der Waals surface area contributed by atoms with Crippen LogP contribution in [-0.4, -0.2) is 35.6 Å². The van der Waals surface area contributed by atoms with Gasteiger partial charge in [0.1, 0.15) is 6.54 Å². The minimum Gasteiger partial charge on any atom is -0.324 e. The Morgan fingerprint density at radius 1 is 1.29 bits per heavy atom. The Bertz CT molecular complexity index is 848. The summed E-state index contributed by atoms with van der Waals surface area (Å²) in [6, 6.07) is 4.52. The van der Waals surface area contributed by atoms with E-state index in [1.54, 1.807) is 0 Å². The first-order chi connectivity index (χ1) is 11.0. The summed E-state index contributed by atoms with van der Waals surface area (Å²) in [5, 5.41) is 9.45. The standard InChI is InChI=1S/C12H12F3N5O3S/c1-24(22,23)19-10-6-16-20(18-10)7-11(21)17-9-5-3-2-4-8(9)12(13,14)15/h2-6H,7H2,1H3,(H,17,21)(H,18,19). The Morgan fingerprint density at radius 3 is 2.58 bits per heavy atom. The number of aromatic nitrogens is 3. The van der Waals surface area contributed by atoms with Gasteiger partial charge >= 0.3 is 6.18 Å². The smallest absolute Gasteiger partial charge is 0.324 e. The van der Waals surface area contributed by atoms with Gasteiger partial charge in [-0.3, -0.25) is 9.52 Å². The maximum absolute atomic E-state index is 12.8. The average Bonchev–Trinajstić information content (AvgIpc) is 2.82. The number of nitrogens with zero attached hydrogens (tertiary/aromatic N) is 3. The van der Waals surface area contributed by atoms with E-state index in [1.165, 1.54) is 12.1 Å². The Kier molecular flexibility index (Phi) is 4.78. The summed E-state index contributed by atoms with van der Waals surface area (Å²) in [6.45, 7) is -0.488. The van der Waals surface area contributed by atoms with Crippen LogP contribution in [0.25, 0.3) is 0 Å². The van der Waals surface area contributed by atoms with Gasteiger partial charge in [0.25, 0.3) is 0 Å². The SMILES string of the molecule is CS(=O)(=O)Nc1cnn(CC(=O)Nc2ccccc2C(F)(F)F)n1. The van der Waals surface area contributed by atoms with Crippen LogP contribution in [0, 0.1) is 0 Å². The lowest BCUT2D eigenvalue weighted by Gasteiger charge is -2.13. The van der Waals surface area contributed by atoms with Gasteiger partial charge in [-0.25, -0.2) is 8.42 Å². The summed E-state index contributed by atoms with van der Waals surface area (Å²) in [5.41, 5.74) is -1.37. The number of sulfonamides is 1. The Balaban J connectivity index is 2.07. The largest absolute Gasteiger partial charge is 0.418 e. The first-order valence-electron chi connectivity index (χ1n) is 6.38. The summed E-state index contributed by atoms with van der Waals surface area (Å²) >= 11 is 0. The number of carbonyl (C=O) groups excluding carboxylic acids is 1. The monoisotopic (exact) mass is 363 g/mol. The van der Waals surface area contributed by atoms with Crippen LogP contribution in [0.4, 0.5) is 24.7 Å². The Labute approximate surface area is 134 Å². The molecule has 0 aliphatic carbocycles. The fourth-order valence-corrected chi connectivity index (χ4v) is 2.24. The van der Waals surface area contributed by atoms with Crippen molar-refractivity contribution in [2.45, 2.75) is 12.7 Å². The molecule has 0 saturated heterocycles. The molecule has 2 aromatic rings. The zero-order valence-electron chi connectivity index (χ0n) is 12.2. The predicted molar refractivity (Wildman–Crippen MR) is 78.6 cm³/mol. The lowest BCUT2D eigenvalue weighted by atomic mass is 10.1. The van der Waals surface area contributed by atoms with E-state index in [-0.39, 0.29) is 5.82 Å². The quantitative estimate of drug-likeness (QED) is 0.833. The molecule has 12 heteroatoms. The number of amides is 1. The van der Waals surface area contributed by atoms with Crippen molar-refractivity contribution in [2.75, 3.05) is 16.3 Å². The van der Waals surface area contributed by atoms with Crippen molar-refractivity contribution in [3.05, 3.63) is 36.0 Å². The highest BCUT2D eigenvalue weighted by molar-refractivity contribution is 7.92. The zero-order chi connectivity index (χ0) is 18.0. The molecule has 0 spiro atoms. The van der Waals surface area contributed by atoms with Crippen LogP contribution < -0.4 is 10.0 Å². The number of para-hydroxylation sites is 1. The number of hydrogen-bond donors (Lipinski definition) is 2. The van der Waals surface area contributed by atoms with Gasteiger partial charge in [-0.1, -0.05) is 12.1 Å². The second kappa shape index (κ2) is 6.47. The van der Waals surface area contributed by atoms with Crippen LogP contribution in [0.5, 0.6) is 0 Å². The number of carbonyl (C=O) groups is 1. The molecule has 0 fully saturated rings. The number of benzene rings is 1. The van der Waals surface area contributed by atoms with Crippen LogP contribution >= 0.6 is 0 Å². The van der Waals surface area contributed by atoms with Crippen LogP contribution in [0.1, 0.15) is 5.56 Å². The van der Waals surface area contributed by atoms with Crippen molar-refractivity contribution in [1.82, 2.24) is 15.0 Å². The predicted octanol–water partition coefficient (Wildman–Crippen LogP) is 1.31. The Hall–Kier alpha value is -2.63. The van der Waals surface area contributed by atoms with Crippen LogP contribution in [0.2, 0.25) is 0 Å². The van der Waals surface area contributed by atoms with Crippen molar-refractivity contribution >= 4 is 27.4 Å². The van der Waals surface area contributed by atoms with Crippen molar-refractivity contribution in [3.8, 4) is 0 Å². The van der Waals surface area contributed by atoms with E-state index in [9.17, 15) is 26.4 Å². The molecule has 24 heavy (non-hydrogen) atoms. The second-order valence-electron chi connectivity index (χ2n) is 4.73. The van der Waals surface area contributed by atoms with Gasteiger partial charge in [-0.15, -0.1) is 5.10 Å². The van der Waals surface area contributed by atoms with E-state index in [2.05, 4.69) is 20.2 Å². The van der Waals surface area contributed by atoms with E-state index >= 15 is 0 Å². The number of rotatable bonds is 5. The molecule has 0 radical (unpaired) electrons. The van der Waals surface area contributed by atoms with Crippen LogP contribution in [-0.2, 0) is 27.5 Å². The number of hydrogen-bond acceptors (Lipinski definition) is 5. The molecule has 0 atom stereocenters. The van der Waals surface area contributed by atoms with Gasteiger partial charge in [0.15, 0.2) is 5.82 Å². The molecule has 0 saturated carbocycles. The number of halogens is 3. The highest BCUT2D eigenvalue weighted by Gasteiger charge is 2.33. The lowest BCUT2D eigenvalue weighted by Crippen LogP contribution is -2.22. The molecular weight excluding hydrogens is 351 g/mol. The molecule has 130 valence electrons. The zero-order valence-corrected chi connectivity index (χ0v) is 13.0. The minimum atomic E-state index is -4.61. The summed E-state index contributed by atoms with van der Waals surface area (Å²) in [7, 11) is -3.55. The minimum absolute atomic E-state index is 0.110. The van der Waals surface area contributed by atoms with Crippen molar-refractivity contribution in [2.24, 2.45) is 0 Å². The molecule has 8 nitrogen and oxygen atoms in total. The molecule has 0 bridgehead atoms. The van der Waals surface area contributed by atoms with E-state index in [0.29, 0.717) is 0 Å². The highest BCUT2D eigenvalue weighted by atomic mass is 32.2. The van der Waals surface area contributed by atoms with Gasteiger partial charge in [0.2, 0.25) is 15.9 Å². The third-order valence-corrected chi connectivity index (χ3v) is 3.20. The Morgan fingerprint density at radius 2 is 1.96 bits per heavy atom. The number of alkyl halides is 3. The topological polar surface area (TPSA) is 106 Å². The molecule has 1 aromatic heterocycles. The maximum atomic E-state index is 12.8. The van der Waals surface area contributed by atoms with Gasteiger partial charge in [0, 0.05) is 0 Å². The molecule has 2 N–H and O–H groups in total. The van der Waals surface area contributed by atoms with Crippen molar-refractivity contribution in [1.29, 1.82) is 0 Å². The maximum Gasteiger partial charge on any atom is 0.418 e. The summed E-state index contributed by atoms with van der Waals surface area (Å²) in [6.07, 6.45) is -2.63. The van der Waals surface area contributed by atoms with E-state index in [4.69, 9.17) is 0 Å². The molecule has 1 amide bonds. The van der Waals surface area contributed by atoms with Crippen LogP contribution in [0.3, 0.4) is 0 Å². The molecule has 0 aliphatic heterocycles. The summed E-state index contributed by atoms with van der Waals surface area (Å²) in [5.74, 6) is -0.908. The molecular formula is C12H12F3N5O3S. The molecule has 0 unspecified atom stereocenters. The third-order valence-electron chi connectivity index (χ3n) is 2.62. The van der Waals surface area contributed by atoms with E-state index in [1.807, 2.05) is 0 Å². The van der Waals surface area contributed by atoms with Crippen molar-refractivity contribution in [3.63, 3.8) is 0 Å². The van der Waals surface area contributed by atoms with Gasteiger partial charge in [-0.2, -0.15) is 23.1 Å². The fraction of sp³-hybridized carbons (Fsp3) is 0.250. The summed E-state index contributed by atoms with van der Waals surface area (Å²) < 4.78 is 62.6. The third kappa shape index (κ3) is 4.94. The lowest BCUT2D eigenvalue weighted by molar-refractivity contribution is -0.137. The molecule has 0 aliphatic rings. The fourth-order valence-electron chi connectivity index (χ4n) is 1.77. The molecule has 1 heterocycles. The normalized spacial score (nSPS) is 12.0. The number of anilines is 2. The second-order valence-corrected chi connectivity index (χ2v) is 6.47. The van der Waals surface area contributed by atoms with Gasteiger partial charge in [0.05, 0.1) is 23.7 Å². The molecule has 2 rings (SSSR count).